The Morgan fingerprint density at radius 3 is 2.24 bits per heavy atom. The summed E-state index contributed by atoms with van der Waals surface area (Å²) in [5.74, 6) is -1.54. The van der Waals surface area contributed by atoms with E-state index in [4.69, 9.17) is 5.11 Å². The SMILES string of the molecule is CCCC(O)(CCC)CNC(=O)C1CCCC(C(=O)O)C1. The number of carboxylic acid groups (broad SMARTS) is 1. The van der Waals surface area contributed by atoms with Gasteiger partial charge in [-0.25, -0.2) is 0 Å². The average molecular weight is 299 g/mol. The van der Waals surface area contributed by atoms with Crippen LogP contribution in [0.3, 0.4) is 0 Å². The van der Waals surface area contributed by atoms with Gasteiger partial charge in [-0.3, -0.25) is 9.59 Å². The van der Waals surface area contributed by atoms with Crippen LogP contribution in [0.5, 0.6) is 0 Å². The molecule has 0 aliphatic heterocycles. The Kier molecular flexibility index (Phi) is 7.15. The molecule has 3 N–H and O–H groups in total. The van der Waals surface area contributed by atoms with E-state index in [1.54, 1.807) is 0 Å². The minimum Gasteiger partial charge on any atom is -0.481 e. The summed E-state index contributed by atoms with van der Waals surface area (Å²) in [7, 11) is 0. The first-order valence-corrected chi connectivity index (χ1v) is 8.14. The Balaban J connectivity index is 2.50. The molecule has 1 saturated carbocycles. The Labute approximate surface area is 127 Å². The van der Waals surface area contributed by atoms with Crippen LogP contribution in [-0.4, -0.2) is 34.2 Å². The van der Waals surface area contributed by atoms with E-state index >= 15 is 0 Å². The van der Waals surface area contributed by atoms with E-state index in [9.17, 15) is 14.7 Å². The fourth-order valence-electron chi connectivity index (χ4n) is 3.28. The standard InChI is InChI=1S/C16H29NO4/c1-3-8-16(21,9-4-2)11-17-14(18)12-6-5-7-13(10-12)15(19)20/h12-13,21H,3-11H2,1-2H3,(H,17,18)(H,19,20). The number of hydrogen-bond acceptors (Lipinski definition) is 3. The molecular formula is C16H29NO4. The lowest BCUT2D eigenvalue weighted by atomic mass is 9.81. The monoisotopic (exact) mass is 299 g/mol. The van der Waals surface area contributed by atoms with E-state index in [-0.39, 0.29) is 18.4 Å². The van der Waals surface area contributed by atoms with Gasteiger partial charge in [0.2, 0.25) is 5.91 Å². The molecule has 5 heteroatoms. The molecule has 122 valence electrons. The highest BCUT2D eigenvalue weighted by atomic mass is 16.4. The van der Waals surface area contributed by atoms with Gasteiger partial charge in [-0.2, -0.15) is 0 Å². The van der Waals surface area contributed by atoms with E-state index in [0.717, 1.165) is 25.7 Å². The lowest BCUT2D eigenvalue weighted by Gasteiger charge is -2.30. The Morgan fingerprint density at radius 1 is 1.14 bits per heavy atom. The molecule has 2 unspecified atom stereocenters. The second kappa shape index (κ2) is 8.37. The number of aliphatic carboxylic acids is 1. The summed E-state index contributed by atoms with van der Waals surface area (Å²) in [5.41, 5.74) is -0.833. The second-order valence-electron chi connectivity index (χ2n) is 6.34. The summed E-state index contributed by atoms with van der Waals surface area (Å²) in [6, 6.07) is 0. The first-order chi connectivity index (χ1) is 9.91. The van der Waals surface area contributed by atoms with Gasteiger partial charge in [-0.15, -0.1) is 0 Å². The fourth-order valence-corrected chi connectivity index (χ4v) is 3.28. The predicted octanol–water partition coefficient (Wildman–Crippen LogP) is 2.32. The van der Waals surface area contributed by atoms with Crippen LogP contribution in [0.4, 0.5) is 0 Å². The van der Waals surface area contributed by atoms with Gasteiger partial charge >= 0.3 is 5.97 Å². The minimum absolute atomic E-state index is 0.105. The number of hydrogen-bond donors (Lipinski definition) is 3. The Hall–Kier alpha value is -1.10. The number of carbonyl (C=O) groups excluding carboxylic acids is 1. The first-order valence-electron chi connectivity index (χ1n) is 8.14. The molecule has 0 saturated heterocycles. The highest BCUT2D eigenvalue weighted by Gasteiger charge is 2.32. The maximum atomic E-state index is 12.2. The van der Waals surface area contributed by atoms with Crippen LogP contribution in [0.1, 0.15) is 65.2 Å². The number of aliphatic hydroxyl groups is 1. The largest absolute Gasteiger partial charge is 0.481 e. The number of carboxylic acids is 1. The summed E-state index contributed by atoms with van der Waals surface area (Å²) in [5, 5.41) is 22.4. The van der Waals surface area contributed by atoms with E-state index < -0.39 is 17.5 Å². The zero-order chi connectivity index (χ0) is 15.9. The van der Waals surface area contributed by atoms with Crippen LogP contribution in [0.2, 0.25) is 0 Å². The molecular weight excluding hydrogens is 270 g/mol. The number of carbonyl (C=O) groups is 2. The molecule has 1 aliphatic rings. The Morgan fingerprint density at radius 2 is 1.71 bits per heavy atom. The lowest BCUT2D eigenvalue weighted by molar-refractivity contribution is -0.144. The molecule has 0 spiro atoms. The molecule has 0 radical (unpaired) electrons. The summed E-state index contributed by atoms with van der Waals surface area (Å²) >= 11 is 0. The predicted molar refractivity (Wildman–Crippen MR) is 80.9 cm³/mol. The first kappa shape index (κ1) is 18.0. The summed E-state index contributed by atoms with van der Waals surface area (Å²) < 4.78 is 0. The van der Waals surface area contributed by atoms with Crippen molar-refractivity contribution >= 4 is 11.9 Å². The molecule has 1 amide bonds. The van der Waals surface area contributed by atoms with Crippen molar-refractivity contribution in [1.82, 2.24) is 5.32 Å². The quantitative estimate of drug-likeness (QED) is 0.642. The van der Waals surface area contributed by atoms with Gasteiger partial charge in [0.25, 0.3) is 0 Å². The molecule has 0 heterocycles. The number of nitrogens with one attached hydrogen (secondary N) is 1. The zero-order valence-corrected chi connectivity index (χ0v) is 13.2. The molecule has 0 aromatic heterocycles. The minimum atomic E-state index is -0.833. The van der Waals surface area contributed by atoms with E-state index in [2.05, 4.69) is 5.32 Å². The molecule has 1 aliphatic carbocycles. The third-order valence-corrected chi connectivity index (χ3v) is 4.42. The molecule has 0 bridgehead atoms. The highest BCUT2D eigenvalue weighted by Crippen LogP contribution is 2.29. The molecule has 1 fully saturated rings. The van der Waals surface area contributed by atoms with Crippen molar-refractivity contribution in [1.29, 1.82) is 0 Å². The van der Waals surface area contributed by atoms with Crippen LogP contribution in [-0.2, 0) is 9.59 Å². The maximum Gasteiger partial charge on any atom is 0.306 e. The zero-order valence-electron chi connectivity index (χ0n) is 13.2. The second-order valence-corrected chi connectivity index (χ2v) is 6.34. The molecule has 5 nitrogen and oxygen atoms in total. The molecule has 1 rings (SSSR count). The van der Waals surface area contributed by atoms with Crippen LogP contribution in [0.25, 0.3) is 0 Å². The average Bonchev–Trinajstić information content (AvgIpc) is 2.45. The van der Waals surface area contributed by atoms with Crippen LogP contribution < -0.4 is 5.32 Å². The van der Waals surface area contributed by atoms with Crippen molar-refractivity contribution in [2.75, 3.05) is 6.54 Å². The van der Waals surface area contributed by atoms with Gasteiger partial charge < -0.3 is 15.5 Å². The summed E-state index contributed by atoms with van der Waals surface area (Å²) in [6.45, 7) is 4.30. The number of amides is 1. The van der Waals surface area contributed by atoms with Gasteiger partial charge in [0, 0.05) is 12.5 Å². The summed E-state index contributed by atoms with van der Waals surface area (Å²) in [4.78, 5) is 23.2. The van der Waals surface area contributed by atoms with Crippen LogP contribution in [0, 0.1) is 11.8 Å². The van der Waals surface area contributed by atoms with Crippen LogP contribution in [0.15, 0.2) is 0 Å². The summed E-state index contributed by atoms with van der Waals surface area (Å²) in [6.07, 6.45) is 5.69. The lowest BCUT2D eigenvalue weighted by Crippen LogP contribution is -2.45. The Bertz CT molecular complexity index is 350. The van der Waals surface area contributed by atoms with Crippen molar-refractivity contribution < 1.29 is 19.8 Å². The topological polar surface area (TPSA) is 86.6 Å². The van der Waals surface area contributed by atoms with Gasteiger partial charge in [0.1, 0.15) is 0 Å². The van der Waals surface area contributed by atoms with Crippen molar-refractivity contribution in [3.63, 3.8) is 0 Å². The highest BCUT2D eigenvalue weighted by molar-refractivity contribution is 5.80. The van der Waals surface area contributed by atoms with E-state index in [0.29, 0.717) is 25.7 Å². The van der Waals surface area contributed by atoms with Crippen molar-refractivity contribution in [2.45, 2.75) is 70.8 Å². The van der Waals surface area contributed by atoms with Crippen LogP contribution >= 0.6 is 0 Å². The normalized spacial score (nSPS) is 22.8. The fraction of sp³-hybridized carbons (Fsp3) is 0.875. The molecule has 2 atom stereocenters. The third-order valence-electron chi connectivity index (χ3n) is 4.42. The van der Waals surface area contributed by atoms with Gasteiger partial charge in [0.05, 0.1) is 11.5 Å². The number of rotatable bonds is 8. The van der Waals surface area contributed by atoms with Gasteiger partial charge in [-0.1, -0.05) is 33.1 Å². The maximum absolute atomic E-state index is 12.2. The van der Waals surface area contributed by atoms with Crippen molar-refractivity contribution in [3.05, 3.63) is 0 Å². The van der Waals surface area contributed by atoms with Crippen molar-refractivity contribution in [2.24, 2.45) is 11.8 Å². The van der Waals surface area contributed by atoms with E-state index in [1.807, 2.05) is 13.8 Å². The smallest absolute Gasteiger partial charge is 0.306 e. The molecule has 0 aromatic rings. The third kappa shape index (κ3) is 5.65. The van der Waals surface area contributed by atoms with E-state index in [1.165, 1.54) is 0 Å². The molecule has 21 heavy (non-hydrogen) atoms. The molecule has 0 aromatic carbocycles. The van der Waals surface area contributed by atoms with Gasteiger partial charge in [-0.05, 0) is 32.1 Å². The van der Waals surface area contributed by atoms with Crippen molar-refractivity contribution in [3.8, 4) is 0 Å². The van der Waals surface area contributed by atoms with Gasteiger partial charge in [0.15, 0.2) is 0 Å².